The summed E-state index contributed by atoms with van der Waals surface area (Å²) in [5.41, 5.74) is 12.1. The van der Waals surface area contributed by atoms with Gasteiger partial charge in [-0.25, -0.2) is 14.6 Å². The van der Waals surface area contributed by atoms with Crippen molar-refractivity contribution in [1.82, 2.24) is 24.3 Å². The molecule has 172 valence electrons. The van der Waals surface area contributed by atoms with Gasteiger partial charge in [0.25, 0.3) is 6.47 Å². The maximum absolute atomic E-state index is 8.36. The van der Waals surface area contributed by atoms with Crippen LogP contribution in [-0.4, -0.2) is 42.4 Å². The lowest BCUT2D eigenvalue weighted by molar-refractivity contribution is -0.122. The van der Waals surface area contributed by atoms with Gasteiger partial charge in [-0.3, -0.25) is 9.36 Å². The molecule has 0 amide bonds. The fourth-order valence-electron chi connectivity index (χ4n) is 3.70. The molecule has 0 aliphatic heterocycles. The summed E-state index contributed by atoms with van der Waals surface area (Å²) in [6.07, 6.45) is 4.54. The van der Waals surface area contributed by atoms with Crippen molar-refractivity contribution in [2.24, 2.45) is 5.73 Å². The van der Waals surface area contributed by atoms with E-state index in [4.69, 9.17) is 32.2 Å². The van der Waals surface area contributed by atoms with Gasteiger partial charge < -0.3 is 10.8 Å². The van der Waals surface area contributed by atoms with Gasteiger partial charge in [-0.15, -0.1) is 0 Å². The number of halogens is 1. The molecule has 0 radical (unpaired) electrons. The van der Waals surface area contributed by atoms with Crippen LogP contribution in [0.15, 0.2) is 73.1 Å². The SMILES string of the molecule is Cc1ccn(-c2ccc(-c3nc4cccnc4n3-c3ccc(CCN)cc3)c(Cl)c2)n1.O=CO. The normalized spacial score (nSPS) is 10.7. The van der Waals surface area contributed by atoms with Gasteiger partial charge in [-0.1, -0.05) is 23.7 Å². The summed E-state index contributed by atoms with van der Waals surface area (Å²) in [7, 11) is 0. The molecule has 0 unspecified atom stereocenters. The van der Waals surface area contributed by atoms with E-state index >= 15 is 0 Å². The highest BCUT2D eigenvalue weighted by atomic mass is 35.5. The number of pyridine rings is 1. The van der Waals surface area contributed by atoms with Crippen molar-refractivity contribution >= 4 is 29.2 Å². The molecular weight excluding hydrogens is 452 g/mol. The second kappa shape index (κ2) is 10.3. The zero-order valence-electron chi connectivity index (χ0n) is 18.5. The first-order valence-electron chi connectivity index (χ1n) is 10.6. The Morgan fingerprint density at radius 3 is 2.47 bits per heavy atom. The Balaban J connectivity index is 0.000000868. The molecule has 0 bridgehead atoms. The van der Waals surface area contributed by atoms with Crippen molar-refractivity contribution in [3.63, 3.8) is 0 Å². The summed E-state index contributed by atoms with van der Waals surface area (Å²) in [5.74, 6) is 0.744. The number of aryl methyl sites for hydroxylation is 1. The zero-order valence-corrected chi connectivity index (χ0v) is 19.2. The Morgan fingerprint density at radius 1 is 1.09 bits per heavy atom. The molecule has 0 aliphatic rings. The Hall–Kier alpha value is -4.01. The molecule has 5 aromatic rings. The molecule has 3 heterocycles. The fourth-order valence-corrected chi connectivity index (χ4v) is 3.96. The van der Waals surface area contributed by atoms with E-state index in [1.165, 1.54) is 5.56 Å². The second-order valence-corrected chi connectivity index (χ2v) is 7.90. The molecule has 0 atom stereocenters. The molecule has 0 aliphatic carbocycles. The zero-order chi connectivity index (χ0) is 24.1. The molecule has 0 spiro atoms. The van der Waals surface area contributed by atoms with Crippen molar-refractivity contribution < 1.29 is 9.90 Å². The molecule has 0 fully saturated rings. The van der Waals surface area contributed by atoms with Crippen LogP contribution in [0.25, 0.3) is 33.9 Å². The molecule has 0 saturated carbocycles. The van der Waals surface area contributed by atoms with Gasteiger partial charge >= 0.3 is 0 Å². The average Bonchev–Trinajstić information content (AvgIpc) is 3.44. The Kier molecular flexibility index (Phi) is 7.01. The Morgan fingerprint density at radius 2 is 1.82 bits per heavy atom. The van der Waals surface area contributed by atoms with Gasteiger partial charge in [-0.2, -0.15) is 5.10 Å². The van der Waals surface area contributed by atoms with Crippen molar-refractivity contribution in [2.75, 3.05) is 6.54 Å². The van der Waals surface area contributed by atoms with Gasteiger partial charge in [0.2, 0.25) is 0 Å². The molecule has 34 heavy (non-hydrogen) atoms. The van der Waals surface area contributed by atoms with Crippen LogP contribution in [-0.2, 0) is 11.2 Å². The highest BCUT2D eigenvalue weighted by Gasteiger charge is 2.18. The number of nitrogens with zero attached hydrogens (tertiary/aromatic N) is 5. The number of rotatable bonds is 5. The predicted molar refractivity (Wildman–Crippen MR) is 133 cm³/mol. The molecule has 5 rings (SSSR count). The van der Waals surface area contributed by atoms with Crippen LogP contribution in [0.4, 0.5) is 0 Å². The summed E-state index contributed by atoms with van der Waals surface area (Å²) in [5, 5.41) is 12.0. The number of benzene rings is 2. The third kappa shape index (κ3) is 4.68. The highest BCUT2D eigenvalue weighted by molar-refractivity contribution is 6.33. The van der Waals surface area contributed by atoms with E-state index in [0.29, 0.717) is 11.6 Å². The number of carbonyl (C=O) groups is 1. The smallest absolute Gasteiger partial charge is 0.290 e. The monoisotopic (exact) mass is 474 g/mol. The number of carboxylic acid groups (broad SMARTS) is 1. The van der Waals surface area contributed by atoms with Crippen LogP contribution in [0.5, 0.6) is 0 Å². The van der Waals surface area contributed by atoms with Gasteiger partial charge in [0.05, 0.1) is 16.4 Å². The predicted octanol–water partition coefficient (Wildman–Crippen LogP) is 4.44. The largest absolute Gasteiger partial charge is 0.483 e. The van der Waals surface area contributed by atoms with Crippen molar-refractivity contribution in [3.05, 3.63) is 89.3 Å². The Bertz CT molecular complexity index is 1430. The van der Waals surface area contributed by atoms with E-state index in [0.717, 1.165) is 46.0 Å². The molecule has 9 heteroatoms. The number of hydrogen-bond acceptors (Lipinski definition) is 5. The number of aromatic nitrogens is 5. The lowest BCUT2D eigenvalue weighted by Gasteiger charge is -2.12. The molecule has 0 saturated heterocycles. The van der Waals surface area contributed by atoms with E-state index in [1.807, 2.05) is 58.8 Å². The van der Waals surface area contributed by atoms with Crippen molar-refractivity contribution in [1.29, 1.82) is 0 Å². The topological polar surface area (TPSA) is 112 Å². The van der Waals surface area contributed by atoms with E-state index in [-0.39, 0.29) is 6.47 Å². The minimum absolute atomic E-state index is 0.250. The van der Waals surface area contributed by atoms with Crippen LogP contribution in [0.1, 0.15) is 11.3 Å². The fraction of sp³-hybridized carbons (Fsp3) is 0.120. The maximum Gasteiger partial charge on any atom is 0.290 e. The summed E-state index contributed by atoms with van der Waals surface area (Å²) < 4.78 is 3.85. The second-order valence-electron chi connectivity index (χ2n) is 7.49. The number of fused-ring (bicyclic) bond motifs is 1. The number of imidazole rings is 1. The molecule has 3 aromatic heterocycles. The standard InChI is InChI=1S/C24H21ClN6.CH2O2/c1-16-11-14-30(29-16)19-8-9-20(21(25)15-19)23-28-22-3-2-13-27-24(22)31(23)18-6-4-17(5-7-18)10-12-26;2-1-3/h2-9,11,13-15H,10,12,26H2,1H3;1H,(H,2,3). The van der Waals surface area contributed by atoms with E-state index in [2.05, 4.69) is 34.3 Å². The van der Waals surface area contributed by atoms with Crippen LogP contribution >= 0.6 is 11.6 Å². The molecular formula is C25H23ClN6O2. The van der Waals surface area contributed by atoms with Gasteiger partial charge in [0.1, 0.15) is 11.3 Å². The average molecular weight is 475 g/mol. The van der Waals surface area contributed by atoms with Crippen molar-refractivity contribution in [3.8, 4) is 22.8 Å². The third-order valence-electron chi connectivity index (χ3n) is 5.22. The lowest BCUT2D eigenvalue weighted by Crippen LogP contribution is -2.03. The third-order valence-corrected chi connectivity index (χ3v) is 5.54. The summed E-state index contributed by atoms with van der Waals surface area (Å²) >= 11 is 6.75. The first-order valence-corrected chi connectivity index (χ1v) is 11.0. The van der Waals surface area contributed by atoms with Crippen LogP contribution in [0.2, 0.25) is 5.02 Å². The van der Waals surface area contributed by atoms with Crippen LogP contribution in [0, 0.1) is 6.92 Å². The highest BCUT2D eigenvalue weighted by Crippen LogP contribution is 2.33. The van der Waals surface area contributed by atoms with Gasteiger partial charge in [0.15, 0.2) is 5.65 Å². The minimum Gasteiger partial charge on any atom is -0.483 e. The molecule has 3 N–H and O–H groups in total. The Labute approximate surface area is 201 Å². The first-order chi connectivity index (χ1) is 16.5. The minimum atomic E-state index is -0.250. The van der Waals surface area contributed by atoms with E-state index in [9.17, 15) is 0 Å². The number of hydrogen-bond donors (Lipinski definition) is 2. The number of nitrogens with two attached hydrogens (primary N) is 1. The maximum atomic E-state index is 8.36. The van der Waals surface area contributed by atoms with Crippen LogP contribution in [0.3, 0.4) is 0 Å². The molecule has 8 nitrogen and oxygen atoms in total. The van der Waals surface area contributed by atoms with Gasteiger partial charge in [0, 0.05) is 23.6 Å². The van der Waals surface area contributed by atoms with E-state index < -0.39 is 0 Å². The first kappa shape index (κ1) is 23.2. The lowest BCUT2D eigenvalue weighted by atomic mass is 10.1. The molecule has 2 aromatic carbocycles. The quantitative estimate of drug-likeness (QED) is 0.364. The van der Waals surface area contributed by atoms with Crippen molar-refractivity contribution in [2.45, 2.75) is 13.3 Å². The summed E-state index contributed by atoms with van der Waals surface area (Å²) in [6.45, 7) is 2.33. The van der Waals surface area contributed by atoms with Gasteiger partial charge in [-0.05, 0) is 74.0 Å². The summed E-state index contributed by atoms with van der Waals surface area (Å²) in [6, 6.07) is 20.0. The van der Waals surface area contributed by atoms with E-state index in [1.54, 1.807) is 6.20 Å². The summed E-state index contributed by atoms with van der Waals surface area (Å²) in [4.78, 5) is 17.8. The van der Waals surface area contributed by atoms with Crippen LogP contribution < -0.4 is 5.73 Å².